The van der Waals surface area contributed by atoms with E-state index in [4.69, 9.17) is 0 Å². The second-order valence-electron chi connectivity index (χ2n) is 6.26. The molecule has 4 heteroatoms. The third-order valence-electron chi connectivity index (χ3n) is 4.63. The average Bonchev–Trinajstić information content (AvgIpc) is 3.31. The fourth-order valence-electron chi connectivity index (χ4n) is 3.24. The Bertz CT molecular complexity index is 435. The maximum absolute atomic E-state index is 4.62. The molecule has 2 saturated heterocycles. The molecule has 3 heterocycles. The number of quaternary nitrogens is 1. The molecule has 0 radical (unpaired) electrons. The molecule has 0 aromatic carbocycles. The van der Waals surface area contributed by atoms with Gasteiger partial charge in [0.25, 0.3) is 0 Å². The number of aryl methyl sites for hydroxylation is 1. The third kappa shape index (κ3) is 2.47. The minimum Gasteiger partial charge on any atom is -0.244 e. The lowest BCUT2D eigenvalue weighted by molar-refractivity contribution is -0.739. The van der Waals surface area contributed by atoms with Crippen molar-refractivity contribution in [1.29, 1.82) is 0 Å². The molecule has 1 aliphatic carbocycles. The standard InChI is InChI=1S/C14H21N2S2/c1-2-11(9-16(7-1)10-17-16)3-6-13-8-14(15-18-13)12-4-5-12/h8,11-12H,1-7,9-10H2/q+1. The molecular formula is C14H21N2S2+. The molecule has 1 saturated carbocycles. The molecule has 4 rings (SSSR count). The molecule has 2 nitrogen and oxygen atoms in total. The van der Waals surface area contributed by atoms with Crippen LogP contribution in [0.4, 0.5) is 0 Å². The van der Waals surface area contributed by atoms with Crippen LogP contribution in [0, 0.1) is 5.92 Å². The smallest absolute Gasteiger partial charge is 0.190 e. The fourth-order valence-corrected chi connectivity index (χ4v) is 5.02. The van der Waals surface area contributed by atoms with Gasteiger partial charge in [0.1, 0.15) is 11.9 Å². The van der Waals surface area contributed by atoms with Gasteiger partial charge in [0.2, 0.25) is 0 Å². The van der Waals surface area contributed by atoms with Crippen LogP contribution >= 0.6 is 23.5 Å². The lowest BCUT2D eigenvalue weighted by Crippen LogP contribution is -2.36. The predicted octanol–water partition coefficient (Wildman–Crippen LogP) is 3.80. The maximum Gasteiger partial charge on any atom is 0.190 e. The Hall–Kier alpha value is -0.0600. The van der Waals surface area contributed by atoms with Gasteiger partial charge in [-0.05, 0) is 56.1 Å². The summed E-state index contributed by atoms with van der Waals surface area (Å²) in [6, 6.07) is 2.39. The van der Waals surface area contributed by atoms with Gasteiger partial charge in [-0.2, -0.15) is 4.37 Å². The zero-order chi connectivity index (χ0) is 12.0. The first-order valence-electron chi connectivity index (χ1n) is 7.29. The van der Waals surface area contributed by atoms with Gasteiger partial charge in [-0.15, -0.1) is 0 Å². The van der Waals surface area contributed by atoms with Gasteiger partial charge in [-0.25, -0.2) is 3.89 Å². The van der Waals surface area contributed by atoms with Crippen LogP contribution in [0.1, 0.15) is 48.6 Å². The Morgan fingerprint density at radius 1 is 1.33 bits per heavy atom. The molecule has 0 N–H and O–H groups in total. The van der Waals surface area contributed by atoms with Crippen LogP contribution in [0.25, 0.3) is 0 Å². The molecule has 1 spiro atoms. The molecule has 1 aromatic rings. The number of aromatic nitrogens is 1. The minimum atomic E-state index is 0.826. The van der Waals surface area contributed by atoms with Crippen molar-refractivity contribution in [2.24, 2.45) is 5.92 Å². The summed E-state index contributed by atoms with van der Waals surface area (Å²) < 4.78 is 6.01. The molecule has 2 aliphatic heterocycles. The van der Waals surface area contributed by atoms with Crippen molar-refractivity contribution in [1.82, 2.24) is 4.37 Å². The Kier molecular flexibility index (Phi) is 2.93. The van der Waals surface area contributed by atoms with Crippen LogP contribution in [0.3, 0.4) is 0 Å². The Labute approximate surface area is 118 Å². The molecule has 18 heavy (non-hydrogen) atoms. The van der Waals surface area contributed by atoms with E-state index in [0.717, 1.165) is 11.8 Å². The maximum atomic E-state index is 4.62. The third-order valence-corrected chi connectivity index (χ3v) is 6.81. The van der Waals surface area contributed by atoms with Crippen LogP contribution < -0.4 is 0 Å². The predicted molar refractivity (Wildman–Crippen MR) is 77.6 cm³/mol. The lowest BCUT2D eigenvalue weighted by atomic mass is 9.93. The van der Waals surface area contributed by atoms with Crippen molar-refractivity contribution in [2.75, 3.05) is 19.0 Å². The monoisotopic (exact) mass is 281 g/mol. The SMILES string of the molecule is c1c(C2CC2)nsc1CCC1CCC[N+]2(CS2)C1. The second kappa shape index (κ2) is 4.50. The van der Waals surface area contributed by atoms with Gasteiger partial charge >= 0.3 is 0 Å². The van der Waals surface area contributed by atoms with E-state index in [-0.39, 0.29) is 0 Å². The number of nitrogens with zero attached hydrogens (tertiary/aromatic N) is 2. The van der Waals surface area contributed by atoms with Crippen LogP contribution in [0.2, 0.25) is 0 Å². The van der Waals surface area contributed by atoms with E-state index < -0.39 is 0 Å². The first-order chi connectivity index (χ1) is 8.83. The normalized spacial score (nSPS) is 35.0. The number of hydrogen-bond donors (Lipinski definition) is 0. The van der Waals surface area contributed by atoms with Crippen molar-refractivity contribution in [3.63, 3.8) is 0 Å². The zero-order valence-electron chi connectivity index (χ0n) is 10.8. The van der Waals surface area contributed by atoms with Gasteiger partial charge in [0.15, 0.2) is 5.88 Å². The second-order valence-corrected chi connectivity index (χ2v) is 8.44. The van der Waals surface area contributed by atoms with Crippen LogP contribution in [-0.4, -0.2) is 27.2 Å². The lowest BCUT2D eigenvalue weighted by Gasteiger charge is -2.27. The van der Waals surface area contributed by atoms with Gasteiger partial charge in [-0.3, -0.25) is 0 Å². The average molecular weight is 281 g/mol. The van der Waals surface area contributed by atoms with Crippen molar-refractivity contribution >= 4 is 23.5 Å². The Balaban J connectivity index is 1.31. The highest BCUT2D eigenvalue weighted by Gasteiger charge is 2.48. The molecule has 1 aromatic heterocycles. The van der Waals surface area contributed by atoms with Crippen molar-refractivity contribution in [3.8, 4) is 0 Å². The molecular weight excluding hydrogens is 260 g/mol. The Morgan fingerprint density at radius 3 is 3.00 bits per heavy atom. The highest BCUT2D eigenvalue weighted by molar-refractivity contribution is 7.98. The molecule has 0 amide bonds. The van der Waals surface area contributed by atoms with E-state index in [1.807, 2.05) is 0 Å². The summed E-state index contributed by atoms with van der Waals surface area (Å²) >= 11 is 3.92. The highest BCUT2D eigenvalue weighted by atomic mass is 32.2. The van der Waals surface area contributed by atoms with Crippen molar-refractivity contribution < 1.29 is 3.89 Å². The summed E-state index contributed by atoms with van der Waals surface area (Å²) in [5.74, 6) is 3.19. The largest absolute Gasteiger partial charge is 0.244 e. The minimum absolute atomic E-state index is 0.826. The summed E-state index contributed by atoms with van der Waals surface area (Å²) in [6.07, 6.45) is 8.35. The highest BCUT2D eigenvalue weighted by Crippen LogP contribution is 2.46. The summed E-state index contributed by atoms with van der Waals surface area (Å²) in [5, 5.41) is 0. The number of hydrogen-bond acceptors (Lipinski definition) is 3. The fraction of sp³-hybridized carbons (Fsp3) is 0.786. The summed E-state index contributed by atoms with van der Waals surface area (Å²) in [6.45, 7) is 2.88. The number of piperidine rings is 1. The number of rotatable bonds is 4. The first-order valence-corrected chi connectivity index (χ1v) is 9.01. The van der Waals surface area contributed by atoms with E-state index in [2.05, 4.69) is 22.4 Å². The Morgan fingerprint density at radius 2 is 2.22 bits per heavy atom. The molecule has 3 aliphatic rings. The molecule has 2 atom stereocenters. The topological polar surface area (TPSA) is 12.9 Å². The van der Waals surface area contributed by atoms with Crippen molar-refractivity contribution in [2.45, 2.75) is 44.4 Å². The van der Waals surface area contributed by atoms with Crippen LogP contribution in [-0.2, 0) is 6.42 Å². The van der Waals surface area contributed by atoms with Crippen molar-refractivity contribution in [3.05, 3.63) is 16.6 Å². The molecule has 2 unspecified atom stereocenters. The summed E-state index contributed by atoms with van der Waals surface area (Å²) in [5.41, 5.74) is 1.39. The van der Waals surface area contributed by atoms with E-state index in [9.17, 15) is 0 Å². The van der Waals surface area contributed by atoms with Gasteiger partial charge in [0, 0.05) is 16.7 Å². The van der Waals surface area contributed by atoms with Gasteiger partial charge in [-0.1, -0.05) is 0 Å². The van der Waals surface area contributed by atoms with Gasteiger partial charge < -0.3 is 0 Å². The quantitative estimate of drug-likeness (QED) is 0.473. The summed E-state index contributed by atoms with van der Waals surface area (Å²) in [7, 11) is 0. The van der Waals surface area contributed by atoms with E-state index >= 15 is 0 Å². The van der Waals surface area contributed by atoms with E-state index in [1.54, 1.807) is 11.5 Å². The molecule has 0 bridgehead atoms. The zero-order valence-corrected chi connectivity index (χ0v) is 12.4. The van der Waals surface area contributed by atoms with Gasteiger partial charge in [0.05, 0.1) is 18.8 Å². The van der Waals surface area contributed by atoms with Crippen LogP contribution in [0.15, 0.2) is 6.07 Å². The summed E-state index contributed by atoms with van der Waals surface area (Å²) in [4.78, 5) is 1.53. The van der Waals surface area contributed by atoms with E-state index in [0.29, 0.717) is 0 Å². The molecule has 98 valence electrons. The van der Waals surface area contributed by atoms with E-state index in [1.165, 1.54) is 72.0 Å². The van der Waals surface area contributed by atoms with Crippen LogP contribution in [0.5, 0.6) is 0 Å². The first kappa shape index (κ1) is 11.7. The molecule has 3 fully saturated rings.